The lowest BCUT2D eigenvalue weighted by molar-refractivity contribution is 0.281. The summed E-state index contributed by atoms with van der Waals surface area (Å²) in [6, 6.07) is 0. The van der Waals surface area contributed by atoms with E-state index in [-0.39, 0.29) is 6.61 Å². The zero-order chi connectivity index (χ0) is 12.8. The summed E-state index contributed by atoms with van der Waals surface area (Å²) >= 11 is 5.91. The fourth-order valence-corrected chi connectivity index (χ4v) is 1.77. The van der Waals surface area contributed by atoms with Gasteiger partial charge in [0.2, 0.25) is 0 Å². The van der Waals surface area contributed by atoms with E-state index in [1.807, 2.05) is 26.0 Å². The van der Waals surface area contributed by atoms with Crippen molar-refractivity contribution in [2.24, 2.45) is 0 Å². The van der Waals surface area contributed by atoms with E-state index in [0.29, 0.717) is 16.5 Å². The van der Waals surface area contributed by atoms with E-state index in [2.05, 4.69) is 14.9 Å². The van der Waals surface area contributed by atoms with Gasteiger partial charge in [0.05, 0.1) is 12.2 Å². The normalized spacial score (nSPS) is 10.9. The lowest BCUT2D eigenvalue weighted by Crippen LogP contribution is -2.25. The van der Waals surface area contributed by atoms with Crippen LogP contribution >= 0.6 is 11.6 Å². The molecule has 0 radical (unpaired) electrons. The van der Waals surface area contributed by atoms with Crippen LogP contribution in [0.2, 0.25) is 5.15 Å². The first kappa shape index (κ1) is 14.2. The summed E-state index contributed by atoms with van der Waals surface area (Å²) in [6.45, 7) is 1.73. The van der Waals surface area contributed by atoms with Gasteiger partial charge in [0.1, 0.15) is 17.3 Å². The van der Waals surface area contributed by atoms with Gasteiger partial charge in [-0.25, -0.2) is 9.97 Å². The third-order valence-corrected chi connectivity index (χ3v) is 2.81. The second kappa shape index (κ2) is 6.74. The molecule has 0 aliphatic heterocycles. The van der Waals surface area contributed by atoms with Crippen LogP contribution in [0.4, 0.5) is 5.82 Å². The Kier molecular flexibility index (Phi) is 5.61. The summed E-state index contributed by atoms with van der Waals surface area (Å²) in [5.41, 5.74) is 0.585. The molecule has 0 unspecified atom stereocenters. The van der Waals surface area contributed by atoms with E-state index in [1.165, 1.54) is 6.33 Å². The topological polar surface area (TPSA) is 52.5 Å². The van der Waals surface area contributed by atoms with Gasteiger partial charge in [0.25, 0.3) is 0 Å². The Morgan fingerprint density at radius 1 is 1.24 bits per heavy atom. The quantitative estimate of drug-likeness (QED) is 0.772. The molecule has 0 aromatic carbocycles. The van der Waals surface area contributed by atoms with Crippen LogP contribution in [-0.2, 0) is 6.61 Å². The number of aliphatic hydroxyl groups is 1. The summed E-state index contributed by atoms with van der Waals surface area (Å²) in [5, 5.41) is 9.58. The van der Waals surface area contributed by atoms with Crippen molar-refractivity contribution in [3.05, 3.63) is 17.0 Å². The molecule has 0 aliphatic rings. The van der Waals surface area contributed by atoms with Crippen LogP contribution in [0.3, 0.4) is 0 Å². The van der Waals surface area contributed by atoms with Crippen molar-refractivity contribution in [1.29, 1.82) is 0 Å². The zero-order valence-corrected chi connectivity index (χ0v) is 11.3. The van der Waals surface area contributed by atoms with Crippen molar-refractivity contribution in [3.8, 4) is 0 Å². The highest BCUT2D eigenvalue weighted by atomic mass is 35.5. The largest absolute Gasteiger partial charge is 0.391 e. The second-order valence-electron chi connectivity index (χ2n) is 4.20. The Morgan fingerprint density at radius 2 is 1.94 bits per heavy atom. The fraction of sp³-hybridized carbons (Fsp3) is 0.636. The molecular formula is C11H19ClN4O. The van der Waals surface area contributed by atoms with Crippen LogP contribution in [0.25, 0.3) is 0 Å². The van der Waals surface area contributed by atoms with E-state index in [0.717, 1.165) is 19.5 Å². The van der Waals surface area contributed by atoms with E-state index in [4.69, 9.17) is 11.6 Å². The zero-order valence-electron chi connectivity index (χ0n) is 10.5. The van der Waals surface area contributed by atoms with Crippen molar-refractivity contribution < 1.29 is 5.11 Å². The number of aromatic nitrogens is 2. The number of aliphatic hydroxyl groups excluding tert-OH is 1. The van der Waals surface area contributed by atoms with Crippen molar-refractivity contribution in [2.75, 3.05) is 39.1 Å². The third-order valence-electron chi connectivity index (χ3n) is 2.49. The molecule has 0 atom stereocenters. The maximum Gasteiger partial charge on any atom is 0.140 e. The number of halogens is 1. The molecule has 0 fully saturated rings. The Labute approximate surface area is 107 Å². The predicted octanol–water partition coefficient (Wildman–Crippen LogP) is 1.01. The van der Waals surface area contributed by atoms with Gasteiger partial charge in [0.15, 0.2) is 0 Å². The van der Waals surface area contributed by atoms with E-state index in [9.17, 15) is 5.11 Å². The Bertz CT molecular complexity index is 359. The molecule has 1 aromatic heterocycles. The monoisotopic (exact) mass is 258 g/mol. The van der Waals surface area contributed by atoms with E-state index in [1.54, 1.807) is 0 Å². The lowest BCUT2D eigenvalue weighted by atomic mass is 10.3. The highest BCUT2D eigenvalue weighted by molar-refractivity contribution is 6.30. The lowest BCUT2D eigenvalue weighted by Gasteiger charge is -2.21. The minimum absolute atomic E-state index is 0.146. The van der Waals surface area contributed by atoms with Crippen LogP contribution in [-0.4, -0.2) is 54.2 Å². The minimum Gasteiger partial charge on any atom is -0.391 e. The minimum atomic E-state index is -0.146. The van der Waals surface area contributed by atoms with Crippen LogP contribution in [0, 0.1) is 0 Å². The van der Waals surface area contributed by atoms with Crippen molar-refractivity contribution in [3.63, 3.8) is 0 Å². The SMILES string of the molecule is CN(C)CCCN(C)c1ncnc(Cl)c1CO. The smallest absolute Gasteiger partial charge is 0.140 e. The molecule has 6 heteroatoms. The molecule has 0 saturated heterocycles. The number of hydrogen-bond acceptors (Lipinski definition) is 5. The highest BCUT2D eigenvalue weighted by Gasteiger charge is 2.12. The summed E-state index contributed by atoms with van der Waals surface area (Å²) in [4.78, 5) is 12.1. The van der Waals surface area contributed by atoms with Crippen molar-refractivity contribution >= 4 is 17.4 Å². The van der Waals surface area contributed by atoms with Crippen LogP contribution < -0.4 is 4.90 Å². The van der Waals surface area contributed by atoms with E-state index < -0.39 is 0 Å². The van der Waals surface area contributed by atoms with Gasteiger partial charge in [0, 0.05) is 13.6 Å². The average molecular weight is 259 g/mol. The molecule has 1 heterocycles. The second-order valence-corrected chi connectivity index (χ2v) is 4.56. The average Bonchev–Trinajstić information content (AvgIpc) is 2.28. The number of nitrogens with zero attached hydrogens (tertiary/aromatic N) is 4. The molecule has 0 saturated carbocycles. The molecule has 17 heavy (non-hydrogen) atoms. The fourth-order valence-electron chi connectivity index (χ4n) is 1.58. The molecule has 5 nitrogen and oxygen atoms in total. The first-order chi connectivity index (χ1) is 8.06. The van der Waals surface area contributed by atoms with Gasteiger partial charge in [-0.1, -0.05) is 11.6 Å². The van der Waals surface area contributed by atoms with Gasteiger partial charge in [-0.05, 0) is 27.1 Å². The summed E-state index contributed by atoms with van der Waals surface area (Å²) in [6.07, 6.45) is 2.44. The number of anilines is 1. The molecule has 1 N–H and O–H groups in total. The van der Waals surface area contributed by atoms with Crippen molar-refractivity contribution in [1.82, 2.24) is 14.9 Å². The Hall–Kier alpha value is -0.910. The first-order valence-electron chi connectivity index (χ1n) is 5.52. The van der Waals surface area contributed by atoms with Gasteiger partial charge in [-0.2, -0.15) is 0 Å². The Morgan fingerprint density at radius 3 is 2.53 bits per heavy atom. The van der Waals surface area contributed by atoms with Crippen LogP contribution in [0.5, 0.6) is 0 Å². The molecule has 1 rings (SSSR count). The molecule has 1 aromatic rings. The third kappa shape index (κ3) is 4.11. The van der Waals surface area contributed by atoms with Gasteiger partial charge >= 0.3 is 0 Å². The van der Waals surface area contributed by atoms with Gasteiger partial charge in [-0.15, -0.1) is 0 Å². The molecule has 96 valence electrons. The summed E-state index contributed by atoms with van der Waals surface area (Å²) < 4.78 is 0. The summed E-state index contributed by atoms with van der Waals surface area (Å²) in [5.74, 6) is 0.700. The van der Waals surface area contributed by atoms with Gasteiger partial charge < -0.3 is 14.9 Å². The summed E-state index contributed by atoms with van der Waals surface area (Å²) in [7, 11) is 6.02. The maximum atomic E-state index is 9.26. The predicted molar refractivity (Wildman–Crippen MR) is 69.4 cm³/mol. The van der Waals surface area contributed by atoms with Crippen LogP contribution in [0.1, 0.15) is 12.0 Å². The molecule has 0 amide bonds. The number of hydrogen-bond donors (Lipinski definition) is 1. The highest BCUT2D eigenvalue weighted by Crippen LogP contribution is 2.22. The molecular weight excluding hydrogens is 240 g/mol. The van der Waals surface area contributed by atoms with Gasteiger partial charge in [-0.3, -0.25) is 0 Å². The maximum absolute atomic E-state index is 9.26. The molecule has 0 spiro atoms. The first-order valence-corrected chi connectivity index (χ1v) is 5.90. The van der Waals surface area contributed by atoms with Crippen molar-refractivity contribution in [2.45, 2.75) is 13.0 Å². The molecule has 0 bridgehead atoms. The Balaban J connectivity index is 2.68. The standard InChI is InChI=1S/C11H19ClN4O/c1-15(2)5-4-6-16(3)11-9(7-17)10(12)13-8-14-11/h8,17H,4-7H2,1-3H3. The molecule has 0 aliphatic carbocycles. The van der Waals surface area contributed by atoms with Crippen LogP contribution in [0.15, 0.2) is 6.33 Å². The number of rotatable bonds is 6. The van der Waals surface area contributed by atoms with E-state index >= 15 is 0 Å².